The van der Waals surface area contributed by atoms with Crippen LogP contribution in [0.25, 0.3) is 26.9 Å². The summed E-state index contributed by atoms with van der Waals surface area (Å²) in [4.78, 5) is 40.6. The van der Waals surface area contributed by atoms with Crippen molar-refractivity contribution in [1.82, 2.24) is 4.98 Å². The predicted octanol–water partition coefficient (Wildman–Crippen LogP) is 6.07. The normalized spacial score (nSPS) is 11.1. The van der Waals surface area contributed by atoms with Crippen LogP contribution in [0.1, 0.15) is 27.7 Å². The van der Waals surface area contributed by atoms with Crippen LogP contribution in [0.4, 0.5) is 10.7 Å². The maximum atomic E-state index is 12.7. The summed E-state index contributed by atoms with van der Waals surface area (Å²) < 4.78 is 6.18. The zero-order valence-electron chi connectivity index (χ0n) is 18.2. The van der Waals surface area contributed by atoms with Crippen molar-refractivity contribution >= 4 is 61.5 Å². The molecule has 1 N–H and O–H groups in total. The molecule has 0 aliphatic carbocycles. The van der Waals surface area contributed by atoms with Crippen LogP contribution in [0.3, 0.4) is 0 Å². The van der Waals surface area contributed by atoms with Gasteiger partial charge in [0.05, 0.1) is 21.7 Å². The molecule has 0 aliphatic heterocycles. The van der Waals surface area contributed by atoms with Crippen LogP contribution in [0.5, 0.6) is 0 Å². The molecule has 0 fully saturated rings. The minimum atomic E-state index is -0.482. The van der Waals surface area contributed by atoms with Crippen LogP contribution in [0, 0.1) is 17.0 Å². The van der Waals surface area contributed by atoms with E-state index in [-0.39, 0.29) is 12.3 Å². The Hall–Kier alpha value is -3.89. The second-order valence-corrected chi connectivity index (χ2v) is 9.19. The van der Waals surface area contributed by atoms with Crippen LogP contribution in [0.2, 0.25) is 0 Å². The molecule has 172 valence electrons. The molecule has 4 aromatic rings. The zero-order chi connectivity index (χ0) is 24.2. The highest BCUT2D eigenvalue weighted by molar-refractivity contribution is 7.23. The molecule has 2 heterocycles. The first-order valence-electron chi connectivity index (χ1n) is 10.3. The number of non-ortho nitro benzene ring substituents is 1. The van der Waals surface area contributed by atoms with Gasteiger partial charge in [-0.3, -0.25) is 14.9 Å². The summed E-state index contributed by atoms with van der Waals surface area (Å²) in [6, 6.07) is 13.6. The number of esters is 1. The number of fused-ring (bicyclic) bond motifs is 1. The smallest absolute Gasteiger partial charge is 0.348 e. The topological polar surface area (TPSA) is 111 Å². The Balaban J connectivity index is 1.65. The van der Waals surface area contributed by atoms with Crippen LogP contribution < -0.4 is 5.32 Å². The summed E-state index contributed by atoms with van der Waals surface area (Å²) in [5, 5.41) is 14.8. The number of aromatic nitrogens is 1. The number of carbonyl (C=O) groups excluding carboxylic acids is 2. The number of benzene rings is 2. The average Bonchev–Trinajstić information content (AvgIpc) is 3.38. The van der Waals surface area contributed by atoms with Crippen molar-refractivity contribution in [2.24, 2.45) is 0 Å². The van der Waals surface area contributed by atoms with Gasteiger partial charge in [-0.25, -0.2) is 9.78 Å². The van der Waals surface area contributed by atoms with E-state index in [1.165, 1.54) is 29.5 Å². The largest absolute Gasteiger partial charge is 0.462 e. The molecule has 0 radical (unpaired) electrons. The van der Waals surface area contributed by atoms with E-state index in [0.29, 0.717) is 31.6 Å². The molecular weight excluding hydrogens is 474 g/mol. The van der Waals surface area contributed by atoms with Gasteiger partial charge in [-0.2, -0.15) is 0 Å². The number of thiophene rings is 1. The Morgan fingerprint density at radius 2 is 1.88 bits per heavy atom. The van der Waals surface area contributed by atoms with Gasteiger partial charge >= 0.3 is 5.97 Å². The summed E-state index contributed by atoms with van der Waals surface area (Å²) in [6.07, 6.45) is 2.89. The van der Waals surface area contributed by atoms with E-state index in [2.05, 4.69) is 5.32 Å². The highest BCUT2D eigenvalue weighted by Gasteiger charge is 2.25. The van der Waals surface area contributed by atoms with Crippen LogP contribution in [0.15, 0.2) is 54.6 Å². The number of ether oxygens (including phenoxy) is 1. The van der Waals surface area contributed by atoms with Crippen molar-refractivity contribution in [3.05, 3.63) is 80.7 Å². The molecule has 0 saturated heterocycles. The second-order valence-electron chi connectivity index (χ2n) is 7.14. The highest BCUT2D eigenvalue weighted by atomic mass is 32.1. The predicted molar refractivity (Wildman–Crippen MR) is 134 cm³/mol. The maximum Gasteiger partial charge on any atom is 0.348 e. The average molecular weight is 494 g/mol. The standard InChI is InChI=1S/C24H19N3O5S2/c1-3-32-24(29)21-14(2)20(22-25-17-6-4-5-7-18(17)33-22)23(34-21)26-19(28)13-10-15-8-11-16(12-9-15)27(30)31/h4-13H,3H2,1-2H3,(H,26,28)/b13-10-. The molecule has 34 heavy (non-hydrogen) atoms. The number of carbonyl (C=O) groups is 2. The van der Waals surface area contributed by atoms with Crippen molar-refractivity contribution in [3.63, 3.8) is 0 Å². The molecule has 2 aromatic heterocycles. The molecule has 1 amide bonds. The summed E-state index contributed by atoms with van der Waals surface area (Å²) in [6.45, 7) is 3.79. The van der Waals surface area contributed by atoms with Gasteiger partial charge in [0.15, 0.2) is 0 Å². The van der Waals surface area contributed by atoms with Gasteiger partial charge in [-0.15, -0.1) is 22.7 Å². The lowest BCUT2D eigenvalue weighted by atomic mass is 10.1. The van der Waals surface area contributed by atoms with Crippen molar-refractivity contribution in [1.29, 1.82) is 0 Å². The van der Waals surface area contributed by atoms with E-state index < -0.39 is 16.8 Å². The number of hydrogen-bond donors (Lipinski definition) is 1. The fraction of sp³-hybridized carbons (Fsp3) is 0.125. The number of hydrogen-bond acceptors (Lipinski definition) is 8. The Bertz CT molecular complexity index is 1390. The molecule has 0 bridgehead atoms. The van der Waals surface area contributed by atoms with Crippen molar-refractivity contribution in [2.75, 3.05) is 11.9 Å². The number of para-hydroxylation sites is 1. The van der Waals surface area contributed by atoms with Gasteiger partial charge < -0.3 is 10.1 Å². The van der Waals surface area contributed by atoms with Crippen molar-refractivity contribution in [2.45, 2.75) is 13.8 Å². The van der Waals surface area contributed by atoms with Crippen LogP contribution in [-0.2, 0) is 9.53 Å². The summed E-state index contributed by atoms with van der Waals surface area (Å²) >= 11 is 2.62. The Labute approximate surface area is 202 Å². The summed E-state index contributed by atoms with van der Waals surface area (Å²) in [5.41, 5.74) is 2.83. The van der Waals surface area contributed by atoms with Gasteiger partial charge in [-0.05, 0) is 55.3 Å². The van der Waals surface area contributed by atoms with Gasteiger partial charge in [0.25, 0.3) is 5.69 Å². The number of nitrogens with zero attached hydrogens (tertiary/aromatic N) is 2. The van der Waals surface area contributed by atoms with E-state index in [1.54, 1.807) is 25.1 Å². The van der Waals surface area contributed by atoms with E-state index >= 15 is 0 Å². The van der Waals surface area contributed by atoms with Gasteiger partial charge in [0.2, 0.25) is 5.91 Å². The molecule has 0 spiro atoms. The second kappa shape index (κ2) is 9.94. The molecule has 0 aliphatic rings. The first-order chi connectivity index (χ1) is 16.4. The number of nitro groups is 1. The number of nitro benzene ring substituents is 1. The highest BCUT2D eigenvalue weighted by Crippen LogP contribution is 2.43. The Morgan fingerprint density at radius 3 is 2.56 bits per heavy atom. The van der Waals surface area contributed by atoms with Gasteiger partial charge in [0, 0.05) is 23.8 Å². The fourth-order valence-electron chi connectivity index (χ4n) is 3.26. The Kier molecular flexibility index (Phi) is 6.80. The van der Waals surface area contributed by atoms with Gasteiger partial charge in [-0.1, -0.05) is 12.1 Å². The van der Waals surface area contributed by atoms with Crippen LogP contribution >= 0.6 is 22.7 Å². The Morgan fingerprint density at radius 1 is 1.15 bits per heavy atom. The summed E-state index contributed by atoms with van der Waals surface area (Å²) in [5.74, 6) is -0.855. The van der Waals surface area contributed by atoms with E-state index in [9.17, 15) is 19.7 Å². The lowest BCUT2D eigenvalue weighted by Crippen LogP contribution is -2.07. The van der Waals surface area contributed by atoms with E-state index in [0.717, 1.165) is 21.6 Å². The molecule has 0 atom stereocenters. The van der Waals surface area contributed by atoms with Crippen LogP contribution in [-0.4, -0.2) is 28.4 Å². The fourth-order valence-corrected chi connectivity index (χ4v) is 5.51. The molecule has 2 aromatic carbocycles. The van der Waals surface area contributed by atoms with E-state index in [4.69, 9.17) is 9.72 Å². The zero-order valence-corrected chi connectivity index (χ0v) is 19.9. The molecular formula is C24H19N3O5S2. The third-order valence-electron chi connectivity index (χ3n) is 4.88. The molecule has 0 saturated carbocycles. The quantitative estimate of drug-likeness (QED) is 0.145. The number of anilines is 1. The minimum absolute atomic E-state index is 0.0253. The first kappa shape index (κ1) is 23.3. The number of nitrogens with one attached hydrogen (secondary N) is 1. The monoisotopic (exact) mass is 493 g/mol. The first-order valence-corrected chi connectivity index (χ1v) is 11.9. The number of amides is 1. The molecule has 4 rings (SSSR count). The third kappa shape index (κ3) is 4.87. The minimum Gasteiger partial charge on any atom is -0.462 e. The molecule has 0 unspecified atom stereocenters. The van der Waals surface area contributed by atoms with Crippen molar-refractivity contribution in [3.8, 4) is 10.6 Å². The third-order valence-corrected chi connectivity index (χ3v) is 7.12. The molecule has 10 heteroatoms. The number of thiazole rings is 1. The molecule has 8 nitrogen and oxygen atoms in total. The van der Waals surface area contributed by atoms with E-state index in [1.807, 2.05) is 31.2 Å². The van der Waals surface area contributed by atoms with Crippen molar-refractivity contribution < 1.29 is 19.2 Å². The SMILES string of the molecule is CCOC(=O)c1sc(NC(=O)/C=C\c2ccc([N+](=O)[O-])cc2)c(-c2nc3ccccc3s2)c1C. The number of rotatable bonds is 7. The summed E-state index contributed by atoms with van der Waals surface area (Å²) in [7, 11) is 0. The van der Waals surface area contributed by atoms with Gasteiger partial charge in [0.1, 0.15) is 14.9 Å². The lowest BCUT2D eigenvalue weighted by molar-refractivity contribution is -0.384. The lowest BCUT2D eigenvalue weighted by Gasteiger charge is -2.03. The maximum absolute atomic E-state index is 12.7.